The van der Waals surface area contributed by atoms with Gasteiger partial charge in [0.15, 0.2) is 5.60 Å². The molecule has 0 unspecified atom stereocenters. The second-order valence-electron chi connectivity index (χ2n) is 5.32. The third-order valence-electron chi connectivity index (χ3n) is 3.66. The zero-order chi connectivity index (χ0) is 18.8. The van der Waals surface area contributed by atoms with Gasteiger partial charge in [-0.2, -0.15) is 5.10 Å². The lowest BCUT2D eigenvalue weighted by Gasteiger charge is -2.37. The van der Waals surface area contributed by atoms with E-state index in [0.29, 0.717) is 6.07 Å². The minimum absolute atomic E-state index is 0.351. The summed E-state index contributed by atoms with van der Waals surface area (Å²) >= 11 is 0. The van der Waals surface area contributed by atoms with Crippen LogP contribution in [0.15, 0.2) is 30.9 Å². The highest BCUT2D eigenvalue weighted by atomic mass is 35.7. The summed E-state index contributed by atoms with van der Waals surface area (Å²) in [5.74, 6) is -2.84. The van der Waals surface area contributed by atoms with Crippen molar-refractivity contribution in [2.45, 2.75) is 31.2 Å². The van der Waals surface area contributed by atoms with Gasteiger partial charge >= 0.3 is 5.97 Å². The lowest BCUT2D eigenvalue weighted by atomic mass is 9.89. The van der Waals surface area contributed by atoms with Gasteiger partial charge in [-0.3, -0.25) is 4.79 Å². The van der Waals surface area contributed by atoms with Crippen LogP contribution in [0, 0.1) is 11.6 Å². The van der Waals surface area contributed by atoms with Crippen molar-refractivity contribution < 1.29 is 26.7 Å². The fourth-order valence-electron chi connectivity index (χ4n) is 2.47. The maximum Gasteiger partial charge on any atom is 0.303 e. The number of carbonyl (C=O) groups is 1. The van der Waals surface area contributed by atoms with Crippen LogP contribution >= 0.6 is 10.7 Å². The maximum atomic E-state index is 14.5. The van der Waals surface area contributed by atoms with E-state index in [1.54, 1.807) is 0 Å². The van der Waals surface area contributed by atoms with E-state index in [1.807, 2.05) is 0 Å². The Bertz CT molecular complexity index is 876. The molecular weight excluding hydrogens is 380 g/mol. The molecule has 0 radical (unpaired) electrons. The molecule has 25 heavy (non-hydrogen) atoms. The minimum atomic E-state index is -4.31. The lowest BCUT2D eigenvalue weighted by molar-refractivity contribution is -0.160. The number of ether oxygens (including phenoxy) is 1. The maximum absolute atomic E-state index is 14.5. The first kappa shape index (κ1) is 19.3. The summed E-state index contributed by atoms with van der Waals surface area (Å²) in [7, 11) is 1.15. The van der Waals surface area contributed by atoms with E-state index in [4.69, 9.17) is 15.4 Å². The molecule has 136 valence electrons. The fraction of sp³-hybridized carbons (Fsp3) is 0.357. The van der Waals surface area contributed by atoms with Gasteiger partial charge in [0, 0.05) is 29.2 Å². The van der Waals surface area contributed by atoms with Gasteiger partial charge in [-0.1, -0.05) is 0 Å². The summed E-state index contributed by atoms with van der Waals surface area (Å²) in [6.07, 6.45) is 2.40. The minimum Gasteiger partial charge on any atom is -0.451 e. The van der Waals surface area contributed by atoms with Crippen LogP contribution in [0.1, 0.15) is 19.4 Å². The second-order valence-corrected chi connectivity index (χ2v) is 8.27. The second kappa shape index (κ2) is 7.04. The summed E-state index contributed by atoms with van der Waals surface area (Å²) in [6, 6.07) is 2.48. The number of aromatic nitrogens is 3. The van der Waals surface area contributed by atoms with Crippen molar-refractivity contribution in [3.63, 3.8) is 0 Å². The summed E-state index contributed by atoms with van der Waals surface area (Å²) in [5.41, 5.74) is -2.44. The van der Waals surface area contributed by atoms with Crippen molar-refractivity contribution in [3.8, 4) is 0 Å². The van der Waals surface area contributed by atoms with Crippen molar-refractivity contribution in [3.05, 3.63) is 48.1 Å². The van der Waals surface area contributed by atoms with Crippen LogP contribution in [0.4, 0.5) is 8.78 Å². The normalized spacial score (nSPS) is 15.4. The van der Waals surface area contributed by atoms with E-state index in [9.17, 15) is 22.0 Å². The molecule has 0 N–H and O–H groups in total. The first-order valence-electron chi connectivity index (χ1n) is 6.97. The average molecular weight is 394 g/mol. The predicted molar refractivity (Wildman–Crippen MR) is 84.1 cm³/mol. The highest BCUT2D eigenvalue weighted by Gasteiger charge is 2.49. The van der Waals surface area contributed by atoms with Crippen molar-refractivity contribution in [1.82, 2.24) is 14.8 Å². The summed E-state index contributed by atoms with van der Waals surface area (Å²) in [5, 5.41) is 2.25. The molecule has 2 rings (SSSR count). The van der Waals surface area contributed by atoms with Gasteiger partial charge in [0.1, 0.15) is 29.5 Å². The molecule has 1 heterocycles. The van der Waals surface area contributed by atoms with Crippen LogP contribution in [0.2, 0.25) is 0 Å². The zero-order valence-electron chi connectivity index (χ0n) is 13.2. The Kier molecular flexibility index (Phi) is 5.43. The number of hydrogen-bond donors (Lipinski definition) is 0. The molecule has 11 heteroatoms. The molecule has 0 aliphatic heterocycles. The highest BCUT2D eigenvalue weighted by Crippen LogP contribution is 2.38. The molecule has 0 saturated carbocycles. The number of halogens is 3. The van der Waals surface area contributed by atoms with Crippen molar-refractivity contribution in [2.24, 2.45) is 0 Å². The molecule has 0 fully saturated rings. The van der Waals surface area contributed by atoms with Crippen LogP contribution in [0.3, 0.4) is 0 Å². The molecule has 1 aromatic heterocycles. The van der Waals surface area contributed by atoms with E-state index >= 15 is 0 Å². The molecular formula is C14H14ClF2N3O4S. The summed E-state index contributed by atoms with van der Waals surface area (Å²) < 4.78 is 58.1. The standard InChI is InChI=1S/C14H14ClF2N3O4S/c1-9(25(15,22)23)14(24-10(2)21,6-20-8-18-7-19-20)12-4-3-11(16)5-13(12)17/h3-5,7-9H,6H2,1-2H3/t9-,14-/m1/s1. The summed E-state index contributed by atoms with van der Waals surface area (Å²) in [4.78, 5) is 15.4. The Hall–Kier alpha value is -2.07. The molecule has 0 aliphatic rings. The Morgan fingerprint density at radius 1 is 1.44 bits per heavy atom. The summed E-state index contributed by atoms with van der Waals surface area (Å²) in [6.45, 7) is 1.79. The van der Waals surface area contributed by atoms with Crippen molar-refractivity contribution in [2.75, 3.05) is 0 Å². The Morgan fingerprint density at radius 3 is 2.60 bits per heavy atom. The van der Waals surface area contributed by atoms with Gasteiger partial charge < -0.3 is 4.74 Å². The van der Waals surface area contributed by atoms with Crippen LogP contribution < -0.4 is 0 Å². The third kappa shape index (κ3) is 4.13. The molecule has 0 aliphatic carbocycles. The van der Waals surface area contributed by atoms with Crippen LogP contribution in [-0.4, -0.2) is 34.4 Å². The van der Waals surface area contributed by atoms with E-state index in [1.165, 1.54) is 12.7 Å². The predicted octanol–water partition coefficient (Wildman–Crippen LogP) is 1.97. The van der Waals surface area contributed by atoms with E-state index in [-0.39, 0.29) is 5.56 Å². The largest absolute Gasteiger partial charge is 0.451 e. The smallest absolute Gasteiger partial charge is 0.303 e. The first-order chi connectivity index (χ1) is 11.6. The number of hydrogen-bond acceptors (Lipinski definition) is 6. The van der Waals surface area contributed by atoms with E-state index < -0.39 is 44.1 Å². The fourth-order valence-corrected chi connectivity index (χ4v) is 3.61. The Morgan fingerprint density at radius 2 is 2.12 bits per heavy atom. The molecule has 0 spiro atoms. The average Bonchev–Trinajstić information content (AvgIpc) is 2.97. The number of nitrogens with zero attached hydrogens (tertiary/aromatic N) is 3. The van der Waals surface area contributed by atoms with Gasteiger partial charge in [-0.25, -0.2) is 26.9 Å². The Labute approximate surface area is 147 Å². The SMILES string of the molecule is CC(=O)O[C@@](Cn1cncn1)(c1ccc(F)cc1F)[C@@H](C)S(=O)(=O)Cl. The topological polar surface area (TPSA) is 91.2 Å². The molecule has 1 aromatic carbocycles. The van der Waals surface area contributed by atoms with Crippen molar-refractivity contribution in [1.29, 1.82) is 0 Å². The van der Waals surface area contributed by atoms with Crippen LogP contribution in [0.5, 0.6) is 0 Å². The van der Waals surface area contributed by atoms with Gasteiger partial charge in [0.05, 0.1) is 6.54 Å². The first-order valence-corrected chi connectivity index (χ1v) is 9.34. The van der Waals surface area contributed by atoms with Crippen molar-refractivity contribution >= 4 is 25.7 Å². The molecule has 2 aromatic rings. The van der Waals surface area contributed by atoms with Crippen LogP contribution in [-0.2, 0) is 30.7 Å². The van der Waals surface area contributed by atoms with E-state index in [0.717, 1.165) is 30.7 Å². The quantitative estimate of drug-likeness (QED) is 0.550. The van der Waals surface area contributed by atoms with E-state index in [2.05, 4.69) is 10.1 Å². The molecule has 0 amide bonds. The molecule has 0 saturated heterocycles. The van der Waals surface area contributed by atoms with Crippen LogP contribution in [0.25, 0.3) is 0 Å². The molecule has 7 nitrogen and oxygen atoms in total. The van der Waals surface area contributed by atoms with Gasteiger partial charge in [0.25, 0.3) is 0 Å². The Balaban J connectivity index is 2.75. The lowest BCUT2D eigenvalue weighted by Crippen LogP contribution is -2.48. The van der Waals surface area contributed by atoms with Gasteiger partial charge in [-0.05, 0) is 19.1 Å². The molecule has 0 bridgehead atoms. The zero-order valence-corrected chi connectivity index (χ0v) is 14.8. The monoisotopic (exact) mass is 393 g/mol. The number of rotatable bonds is 6. The van der Waals surface area contributed by atoms with Gasteiger partial charge in [-0.15, -0.1) is 0 Å². The van der Waals surface area contributed by atoms with Gasteiger partial charge in [0.2, 0.25) is 9.05 Å². The number of carbonyl (C=O) groups excluding carboxylic acids is 1. The molecule has 2 atom stereocenters. The third-order valence-corrected chi connectivity index (χ3v) is 5.68. The number of benzene rings is 1. The highest BCUT2D eigenvalue weighted by molar-refractivity contribution is 8.14. The number of esters is 1.